The molecule has 1 rings (SSSR count). The maximum Gasteiger partial charge on any atom is 0.471 e. The SMILES string of the molecule is CC(C)(C)OC(=O)NCC1CCC(C(=O)CNC(=O)C(F)(F)F)CC1. The molecule has 0 heterocycles. The fourth-order valence-electron chi connectivity index (χ4n) is 2.64. The molecule has 0 saturated heterocycles. The molecule has 0 unspecified atom stereocenters. The fraction of sp³-hybridized carbons (Fsp3) is 0.812. The van der Waals surface area contributed by atoms with Gasteiger partial charge in [-0.3, -0.25) is 9.59 Å². The normalized spacial score (nSPS) is 21.4. The fourth-order valence-corrected chi connectivity index (χ4v) is 2.64. The quantitative estimate of drug-likeness (QED) is 0.783. The minimum atomic E-state index is -4.98. The zero-order valence-electron chi connectivity index (χ0n) is 14.7. The number of carbonyl (C=O) groups is 3. The Balaban J connectivity index is 2.28. The average molecular weight is 366 g/mol. The third-order valence-corrected chi connectivity index (χ3v) is 3.92. The van der Waals surface area contributed by atoms with Gasteiger partial charge in [-0.2, -0.15) is 13.2 Å². The van der Waals surface area contributed by atoms with Gasteiger partial charge in [-0.25, -0.2) is 4.79 Å². The third kappa shape index (κ3) is 8.22. The number of ketones is 1. The molecule has 0 aromatic rings. The lowest BCUT2D eigenvalue weighted by molar-refractivity contribution is -0.173. The standard InChI is InChI=1S/C16H25F3N2O4/c1-15(2,3)25-14(24)21-8-10-4-6-11(7-5-10)12(22)9-20-13(23)16(17,18)19/h10-11H,4-9H2,1-3H3,(H,20,23)(H,21,24). The topological polar surface area (TPSA) is 84.5 Å². The molecule has 144 valence electrons. The highest BCUT2D eigenvalue weighted by Gasteiger charge is 2.39. The van der Waals surface area contributed by atoms with Crippen molar-refractivity contribution in [3.8, 4) is 0 Å². The summed E-state index contributed by atoms with van der Waals surface area (Å²) in [4.78, 5) is 34.2. The number of Topliss-reactive ketones (excluding diaryl/α,β-unsaturated/α-hetero) is 1. The van der Waals surface area contributed by atoms with Crippen LogP contribution < -0.4 is 10.6 Å². The largest absolute Gasteiger partial charge is 0.471 e. The van der Waals surface area contributed by atoms with Crippen LogP contribution >= 0.6 is 0 Å². The van der Waals surface area contributed by atoms with E-state index in [2.05, 4.69) is 5.32 Å². The summed E-state index contributed by atoms with van der Waals surface area (Å²) in [6.45, 7) is 5.12. The van der Waals surface area contributed by atoms with E-state index in [4.69, 9.17) is 4.74 Å². The van der Waals surface area contributed by atoms with Gasteiger partial charge in [-0.05, 0) is 52.4 Å². The van der Waals surface area contributed by atoms with E-state index in [-0.39, 0.29) is 11.8 Å². The smallest absolute Gasteiger partial charge is 0.444 e. The summed E-state index contributed by atoms with van der Waals surface area (Å²) in [5.41, 5.74) is -0.574. The average Bonchev–Trinajstić information content (AvgIpc) is 2.48. The lowest BCUT2D eigenvalue weighted by Gasteiger charge is -2.28. The number of alkyl halides is 3. The maximum absolute atomic E-state index is 12.1. The number of ether oxygens (including phenoxy) is 1. The second kappa shape index (κ2) is 8.53. The molecule has 1 aliphatic rings. The first-order chi connectivity index (χ1) is 11.4. The van der Waals surface area contributed by atoms with Crippen LogP contribution in [0.3, 0.4) is 0 Å². The first kappa shape index (κ1) is 21.2. The first-order valence-corrected chi connectivity index (χ1v) is 8.23. The number of hydrogen-bond donors (Lipinski definition) is 2. The molecule has 2 amide bonds. The molecule has 9 heteroatoms. The molecule has 0 radical (unpaired) electrons. The molecule has 0 aromatic heterocycles. The van der Waals surface area contributed by atoms with E-state index >= 15 is 0 Å². The molecule has 6 nitrogen and oxygen atoms in total. The highest BCUT2D eigenvalue weighted by molar-refractivity contribution is 5.89. The van der Waals surface area contributed by atoms with Crippen molar-refractivity contribution < 1.29 is 32.3 Å². The van der Waals surface area contributed by atoms with Crippen LogP contribution in [0.1, 0.15) is 46.5 Å². The van der Waals surface area contributed by atoms with Gasteiger partial charge in [0, 0.05) is 12.5 Å². The molecule has 1 fully saturated rings. The van der Waals surface area contributed by atoms with Crippen molar-refractivity contribution in [3.63, 3.8) is 0 Å². The summed E-state index contributed by atoms with van der Waals surface area (Å²) in [7, 11) is 0. The number of alkyl carbamates (subject to hydrolysis) is 1. The molecule has 1 aliphatic carbocycles. The maximum atomic E-state index is 12.1. The van der Waals surface area contributed by atoms with E-state index in [1.54, 1.807) is 26.1 Å². The van der Waals surface area contributed by atoms with E-state index in [1.807, 2.05) is 0 Å². The Kier molecular flexibility index (Phi) is 7.25. The van der Waals surface area contributed by atoms with Crippen molar-refractivity contribution in [2.24, 2.45) is 11.8 Å². The monoisotopic (exact) mass is 366 g/mol. The molecule has 0 atom stereocenters. The van der Waals surface area contributed by atoms with Gasteiger partial charge in [0.25, 0.3) is 0 Å². The van der Waals surface area contributed by atoms with Crippen molar-refractivity contribution in [1.29, 1.82) is 0 Å². The van der Waals surface area contributed by atoms with Gasteiger partial charge >= 0.3 is 18.2 Å². The Bertz CT molecular complexity index is 493. The van der Waals surface area contributed by atoms with Crippen LogP contribution in [0.15, 0.2) is 0 Å². The number of amides is 2. The van der Waals surface area contributed by atoms with Gasteiger partial charge in [0.2, 0.25) is 0 Å². The van der Waals surface area contributed by atoms with Crippen molar-refractivity contribution in [3.05, 3.63) is 0 Å². The van der Waals surface area contributed by atoms with Crippen molar-refractivity contribution >= 4 is 17.8 Å². The summed E-state index contributed by atoms with van der Waals surface area (Å²) >= 11 is 0. The van der Waals surface area contributed by atoms with Crippen LogP contribution in [0, 0.1) is 11.8 Å². The van der Waals surface area contributed by atoms with Gasteiger partial charge < -0.3 is 15.4 Å². The summed E-state index contributed by atoms with van der Waals surface area (Å²) < 4.78 is 41.4. The Morgan fingerprint density at radius 1 is 1.00 bits per heavy atom. The van der Waals surface area contributed by atoms with Crippen LogP contribution in [-0.4, -0.2) is 42.7 Å². The highest BCUT2D eigenvalue weighted by atomic mass is 19.4. The van der Waals surface area contributed by atoms with Crippen LogP contribution in [0.5, 0.6) is 0 Å². The zero-order chi connectivity index (χ0) is 19.3. The van der Waals surface area contributed by atoms with Crippen LogP contribution in [0.25, 0.3) is 0 Å². The molecule has 0 aliphatic heterocycles. The van der Waals surface area contributed by atoms with Gasteiger partial charge in [-0.15, -0.1) is 0 Å². The third-order valence-electron chi connectivity index (χ3n) is 3.92. The van der Waals surface area contributed by atoms with Crippen LogP contribution in [0.4, 0.5) is 18.0 Å². The number of halogens is 3. The predicted molar refractivity (Wildman–Crippen MR) is 83.8 cm³/mol. The van der Waals surface area contributed by atoms with Gasteiger partial charge in [0.05, 0.1) is 6.54 Å². The summed E-state index contributed by atoms with van der Waals surface area (Å²) in [5.74, 6) is -2.65. The van der Waals surface area contributed by atoms with Gasteiger partial charge in [-0.1, -0.05) is 0 Å². The number of hydrogen-bond acceptors (Lipinski definition) is 4. The van der Waals surface area contributed by atoms with Crippen molar-refractivity contribution in [2.75, 3.05) is 13.1 Å². The molecule has 25 heavy (non-hydrogen) atoms. The number of nitrogens with one attached hydrogen (secondary N) is 2. The molecule has 2 N–H and O–H groups in total. The number of rotatable bonds is 5. The van der Waals surface area contributed by atoms with Crippen molar-refractivity contribution in [2.45, 2.75) is 58.2 Å². The van der Waals surface area contributed by atoms with E-state index in [9.17, 15) is 27.6 Å². The molecule has 0 spiro atoms. The second-order valence-corrected chi connectivity index (χ2v) is 7.25. The molecule has 0 bridgehead atoms. The van der Waals surface area contributed by atoms with Gasteiger partial charge in [0.1, 0.15) is 5.60 Å². The minimum absolute atomic E-state index is 0.196. The van der Waals surface area contributed by atoms with Crippen LogP contribution in [-0.2, 0) is 14.3 Å². The Labute approximate surface area is 144 Å². The Hall–Kier alpha value is -1.80. The molecule has 1 saturated carbocycles. The van der Waals surface area contributed by atoms with E-state index in [1.165, 1.54) is 0 Å². The minimum Gasteiger partial charge on any atom is -0.444 e. The highest BCUT2D eigenvalue weighted by Crippen LogP contribution is 2.29. The van der Waals surface area contributed by atoms with Crippen molar-refractivity contribution in [1.82, 2.24) is 10.6 Å². The zero-order valence-corrected chi connectivity index (χ0v) is 14.7. The summed E-state index contributed by atoms with van der Waals surface area (Å²) in [5, 5.41) is 4.29. The summed E-state index contributed by atoms with van der Waals surface area (Å²) in [6.07, 6.45) is -3.06. The van der Waals surface area contributed by atoms with Gasteiger partial charge in [0.15, 0.2) is 5.78 Å². The summed E-state index contributed by atoms with van der Waals surface area (Å²) in [6, 6.07) is 0. The second-order valence-electron chi connectivity index (χ2n) is 7.25. The Morgan fingerprint density at radius 2 is 1.56 bits per heavy atom. The molecule has 0 aromatic carbocycles. The molecular formula is C16H25F3N2O4. The van der Waals surface area contributed by atoms with E-state index in [0.29, 0.717) is 32.2 Å². The van der Waals surface area contributed by atoms with Crippen LogP contribution in [0.2, 0.25) is 0 Å². The van der Waals surface area contributed by atoms with E-state index < -0.39 is 36.1 Å². The lowest BCUT2D eigenvalue weighted by atomic mass is 9.80. The predicted octanol–water partition coefficient (Wildman–Crippen LogP) is 2.57. The lowest BCUT2D eigenvalue weighted by Crippen LogP contribution is -2.41. The van der Waals surface area contributed by atoms with E-state index in [0.717, 1.165) is 0 Å². The number of carbonyl (C=O) groups excluding carboxylic acids is 3. The Morgan fingerprint density at radius 3 is 2.04 bits per heavy atom. The molecular weight excluding hydrogens is 341 g/mol. The first-order valence-electron chi connectivity index (χ1n) is 8.23.